The first-order valence-electron chi connectivity index (χ1n) is 3.34. The second-order valence-corrected chi connectivity index (χ2v) is 3.85. The topological polar surface area (TPSA) is 0 Å². The van der Waals surface area contributed by atoms with Gasteiger partial charge in [0.05, 0.1) is 0 Å². The number of rotatable bonds is 0. The molecule has 0 atom stereocenters. The molecule has 0 aromatic heterocycles. The normalized spacial score (nSPS) is 10.0. The standard InChI is InChI=1S/C9H11I/c1-6-4-7(2)8(3)9(10)5-6/h4-5H,1-3H3. The second kappa shape index (κ2) is 2.91. The monoisotopic (exact) mass is 246 g/mol. The molecule has 0 aliphatic rings. The highest BCUT2D eigenvalue weighted by atomic mass is 127. The molecule has 0 saturated carbocycles. The van der Waals surface area contributed by atoms with Gasteiger partial charge in [0.25, 0.3) is 0 Å². The molecular weight excluding hydrogens is 235 g/mol. The molecule has 10 heavy (non-hydrogen) atoms. The average Bonchev–Trinajstić information content (AvgIpc) is 1.82. The van der Waals surface area contributed by atoms with E-state index in [0.717, 1.165) is 0 Å². The fourth-order valence-corrected chi connectivity index (χ4v) is 1.90. The molecule has 1 aromatic rings. The highest BCUT2D eigenvalue weighted by Crippen LogP contribution is 2.17. The van der Waals surface area contributed by atoms with Crippen LogP contribution in [0.15, 0.2) is 12.1 Å². The third-order valence-corrected chi connectivity index (χ3v) is 2.87. The van der Waals surface area contributed by atoms with E-state index >= 15 is 0 Å². The van der Waals surface area contributed by atoms with Crippen LogP contribution in [-0.4, -0.2) is 0 Å². The molecule has 1 heteroatoms. The molecule has 54 valence electrons. The summed E-state index contributed by atoms with van der Waals surface area (Å²) in [5.74, 6) is 0. The van der Waals surface area contributed by atoms with Gasteiger partial charge in [0.15, 0.2) is 0 Å². The van der Waals surface area contributed by atoms with Gasteiger partial charge in [0.2, 0.25) is 0 Å². The molecule has 1 rings (SSSR count). The zero-order valence-corrected chi connectivity index (χ0v) is 8.69. The molecule has 0 nitrogen and oxygen atoms in total. The van der Waals surface area contributed by atoms with Crippen molar-refractivity contribution in [3.63, 3.8) is 0 Å². The Morgan fingerprint density at radius 2 is 1.70 bits per heavy atom. The number of benzene rings is 1. The zero-order chi connectivity index (χ0) is 7.72. The third-order valence-electron chi connectivity index (χ3n) is 1.75. The molecule has 1 aromatic carbocycles. The average molecular weight is 246 g/mol. The summed E-state index contributed by atoms with van der Waals surface area (Å²) in [6, 6.07) is 4.43. The summed E-state index contributed by atoms with van der Waals surface area (Å²) < 4.78 is 1.37. The van der Waals surface area contributed by atoms with E-state index in [4.69, 9.17) is 0 Å². The lowest BCUT2D eigenvalue weighted by Gasteiger charge is -2.03. The van der Waals surface area contributed by atoms with Crippen LogP contribution in [0.4, 0.5) is 0 Å². The Morgan fingerprint density at radius 3 is 2.20 bits per heavy atom. The minimum Gasteiger partial charge on any atom is -0.0560 e. The summed E-state index contributed by atoms with van der Waals surface area (Å²) in [6.07, 6.45) is 0. The quantitative estimate of drug-likeness (QED) is 0.616. The van der Waals surface area contributed by atoms with Gasteiger partial charge in [-0.15, -0.1) is 0 Å². The second-order valence-electron chi connectivity index (χ2n) is 2.69. The van der Waals surface area contributed by atoms with Crippen molar-refractivity contribution in [3.05, 3.63) is 32.4 Å². The molecule has 0 unspecified atom stereocenters. The maximum Gasteiger partial charge on any atom is 0.0164 e. The molecule has 0 aliphatic carbocycles. The van der Waals surface area contributed by atoms with Gasteiger partial charge in [-0.2, -0.15) is 0 Å². The maximum atomic E-state index is 2.38. The number of hydrogen-bond acceptors (Lipinski definition) is 0. The lowest BCUT2D eigenvalue weighted by atomic mass is 10.1. The van der Waals surface area contributed by atoms with Gasteiger partial charge < -0.3 is 0 Å². The van der Waals surface area contributed by atoms with Crippen molar-refractivity contribution in [1.29, 1.82) is 0 Å². The molecule has 0 fully saturated rings. The number of hydrogen-bond donors (Lipinski definition) is 0. The van der Waals surface area contributed by atoms with E-state index < -0.39 is 0 Å². The Labute approximate surface area is 75.8 Å². The SMILES string of the molecule is Cc1cc(C)c(C)c(I)c1. The molecule has 0 bridgehead atoms. The van der Waals surface area contributed by atoms with Crippen molar-refractivity contribution in [3.8, 4) is 0 Å². The summed E-state index contributed by atoms with van der Waals surface area (Å²) in [7, 11) is 0. The maximum absolute atomic E-state index is 2.38. The first-order chi connectivity index (χ1) is 4.61. The van der Waals surface area contributed by atoms with Gasteiger partial charge in [0, 0.05) is 3.57 Å². The van der Waals surface area contributed by atoms with Crippen molar-refractivity contribution in [2.75, 3.05) is 0 Å². The van der Waals surface area contributed by atoms with Crippen LogP contribution in [0.2, 0.25) is 0 Å². The van der Waals surface area contributed by atoms with Crippen molar-refractivity contribution in [2.24, 2.45) is 0 Å². The number of halogens is 1. The van der Waals surface area contributed by atoms with E-state index in [-0.39, 0.29) is 0 Å². The minimum atomic E-state index is 1.35. The molecule has 0 saturated heterocycles. The Kier molecular flexibility index (Phi) is 2.34. The van der Waals surface area contributed by atoms with Crippen LogP contribution >= 0.6 is 22.6 Å². The van der Waals surface area contributed by atoms with Gasteiger partial charge in [-0.1, -0.05) is 6.07 Å². The lowest BCUT2D eigenvalue weighted by Crippen LogP contribution is -1.86. The molecule has 0 radical (unpaired) electrons. The Bertz CT molecular complexity index is 228. The molecule has 0 N–H and O–H groups in total. The van der Waals surface area contributed by atoms with E-state index in [2.05, 4.69) is 55.5 Å². The Hall–Kier alpha value is -0.0500. The Morgan fingerprint density at radius 1 is 1.10 bits per heavy atom. The predicted octanol–water partition coefficient (Wildman–Crippen LogP) is 3.22. The number of aryl methyl sites for hydroxylation is 2. The molecule has 0 aliphatic heterocycles. The van der Waals surface area contributed by atoms with Gasteiger partial charge in [-0.3, -0.25) is 0 Å². The highest BCUT2D eigenvalue weighted by molar-refractivity contribution is 14.1. The van der Waals surface area contributed by atoms with Crippen LogP contribution in [0.25, 0.3) is 0 Å². The highest BCUT2D eigenvalue weighted by Gasteiger charge is 1.97. The summed E-state index contributed by atoms with van der Waals surface area (Å²) in [4.78, 5) is 0. The smallest absolute Gasteiger partial charge is 0.0164 e. The molecule has 0 spiro atoms. The van der Waals surface area contributed by atoms with Gasteiger partial charge in [-0.25, -0.2) is 0 Å². The van der Waals surface area contributed by atoms with Crippen molar-refractivity contribution < 1.29 is 0 Å². The third kappa shape index (κ3) is 1.51. The van der Waals surface area contributed by atoms with E-state index in [0.29, 0.717) is 0 Å². The summed E-state index contributed by atoms with van der Waals surface area (Å²) in [6.45, 7) is 6.45. The van der Waals surface area contributed by atoms with Crippen molar-refractivity contribution in [1.82, 2.24) is 0 Å². The van der Waals surface area contributed by atoms with E-state index in [1.807, 2.05) is 0 Å². The minimum absolute atomic E-state index is 1.35. The van der Waals surface area contributed by atoms with E-state index in [1.54, 1.807) is 0 Å². The molecular formula is C9H11I. The van der Waals surface area contributed by atoms with Crippen LogP contribution < -0.4 is 0 Å². The van der Waals surface area contributed by atoms with Gasteiger partial charge in [-0.05, 0) is 66.1 Å². The van der Waals surface area contributed by atoms with E-state index in [1.165, 1.54) is 20.3 Å². The summed E-state index contributed by atoms with van der Waals surface area (Å²) >= 11 is 2.38. The van der Waals surface area contributed by atoms with Crippen LogP contribution in [0, 0.1) is 24.3 Å². The van der Waals surface area contributed by atoms with Crippen LogP contribution in [0.5, 0.6) is 0 Å². The molecule has 0 amide bonds. The van der Waals surface area contributed by atoms with Crippen LogP contribution in [0.1, 0.15) is 16.7 Å². The van der Waals surface area contributed by atoms with Crippen LogP contribution in [-0.2, 0) is 0 Å². The largest absolute Gasteiger partial charge is 0.0560 e. The Balaban J connectivity index is 3.31. The fraction of sp³-hybridized carbons (Fsp3) is 0.333. The van der Waals surface area contributed by atoms with Crippen molar-refractivity contribution >= 4 is 22.6 Å². The van der Waals surface area contributed by atoms with Gasteiger partial charge in [0.1, 0.15) is 0 Å². The predicted molar refractivity (Wildman–Crippen MR) is 53.4 cm³/mol. The van der Waals surface area contributed by atoms with Crippen LogP contribution in [0.3, 0.4) is 0 Å². The summed E-state index contributed by atoms with van der Waals surface area (Å²) in [5.41, 5.74) is 4.16. The fourth-order valence-electron chi connectivity index (χ4n) is 0.988. The van der Waals surface area contributed by atoms with Gasteiger partial charge >= 0.3 is 0 Å². The zero-order valence-electron chi connectivity index (χ0n) is 6.53. The van der Waals surface area contributed by atoms with Crippen molar-refractivity contribution in [2.45, 2.75) is 20.8 Å². The lowest BCUT2D eigenvalue weighted by molar-refractivity contribution is 1.27. The van der Waals surface area contributed by atoms with E-state index in [9.17, 15) is 0 Å². The first kappa shape index (κ1) is 8.05. The molecule has 0 heterocycles. The summed E-state index contributed by atoms with van der Waals surface area (Å²) in [5, 5.41) is 0. The first-order valence-corrected chi connectivity index (χ1v) is 4.42.